The van der Waals surface area contributed by atoms with Crippen LogP contribution in [-0.2, 0) is 9.47 Å². The third-order valence-corrected chi connectivity index (χ3v) is 2.29. The van der Waals surface area contributed by atoms with Gasteiger partial charge in [-0.3, -0.25) is 0 Å². The standard InChI is InChI=1S/C12H13F4NO3/c1-19-12(18)7-2-3-8(11(16)10(7)15)17-4-5-20-6-9(13)14/h2-3,9,17H,4-6H2,1H3. The van der Waals surface area contributed by atoms with E-state index in [4.69, 9.17) is 0 Å². The molecule has 20 heavy (non-hydrogen) atoms. The summed E-state index contributed by atoms with van der Waals surface area (Å²) in [7, 11) is 1.05. The highest BCUT2D eigenvalue weighted by molar-refractivity contribution is 5.90. The maximum atomic E-state index is 13.6. The second-order valence-electron chi connectivity index (χ2n) is 3.67. The van der Waals surface area contributed by atoms with Gasteiger partial charge in [0, 0.05) is 6.54 Å². The number of esters is 1. The number of hydrogen-bond acceptors (Lipinski definition) is 4. The van der Waals surface area contributed by atoms with Gasteiger partial charge >= 0.3 is 5.97 Å². The van der Waals surface area contributed by atoms with E-state index in [9.17, 15) is 22.4 Å². The Labute approximate surface area is 112 Å². The van der Waals surface area contributed by atoms with Crippen LogP contribution >= 0.6 is 0 Å². The predicted octanol–water partition coefficient (Wildman–Crippen LogP) is 2.45. The van der Waals surface area contributed by atoms with Crippen LogP contribution in [0.5, 0.6) is 0 Å². The van der Waals surface area contributed by atoms with Gasteiger partial charge in [-0.1, -0.05) is 0 Å². The Hall–Kier alpha value is -1.83. The number of anilines is 1. The summed E-state index contributed by atoms with van der Waals surface area (Å²) in [6.45, 7) is -0.801. The van der Waals surface area contributed by atoms with Crippen molar-refractivity contribution in [1.29, 1.82) is 0 Å². The first kappa shape index (κ1) is 16.2. The van der Waals surface area contributed by atoms with Gasteiger partial charge in [0.25, 0.3) is 6.43 Å². The molecule has 0 amide bonds. The van der Waals surface area contributed by atoms with E-state index in [1.165, 1.54) is 0 Å². The molecule has 1 aromatic carbocycles. The highest BCUT2D eigenvalue weighted by Gasteiger charge is 2.18. The number of rotatable bonds is 7. The van der Waals surface area contributed by atoms with E-state index < -0.39 is 36.2 Å². The van der Waals surface area contributed by atoms with E-state index in [0.29, 0.717) is 0 Å². The molecule has 1 aromatic rings. The Morgan fingerprint density at radius 1 is 1.30 bits per heavy atom. The molecule has 0 aliphatic heterocycles. The summed E-state index contributed by atoms with van der Waals surface area (Å²) in [6.07, 6.45) is -2.58. The fourth-order valence-corrected chi connectivity index (χ4v) is 1.38. The summed E-state index contributed by atoms with van der Waals surface area (Å²) in [5.41, 5.74) is -0.722. The zero-order valence-corrected chi connectivity index (χ0v) is 10.6. The molecule has 0 unspecified atom stereocenters. The number of hydrogen-bond donors (Lipinski definition) is 1. The van der Waals surface area contributed by atoms with Crippen LogP contribution in [0.3, 0.4) is 0 Å². The van der Waals surface area contributed by atoms with Crippen molar-refractivity contribution in [3.63, 3.8) is 0 Å². The third kappa shape index (κ3) is 4.37. The molecule has 0 atom stereocenters. The summed E-state index contributed by atoms with van der Waals surface area (Å²) < 4.78 is 59.5. The van der Waals surface area contributed by atoms with Crippen LogP contribution < -0.4 is 5.32 Å². The van der Waals surface area contributed by atoms with Crippen molar-refractivity contribution >= 4 is 11.7 Å². The molecular weight excluding hydrogens is 282 g/mol. The van der Waals surface area contributed by atoms with Crippen LogP contribution in [0.4, 0.5) is 23.2 Å². The average Bonchev–Trinajstić information content (AvgIpc) is 2.42. The lowest BCUT2D eigenvalue weighted by molar-refractivity contribution is 0.0215. The molecule has 0 saturated heterocycles. The molecule has 0 saturated carbocycles. The summed E-state index contributed by atoms with van der Waals surface area (Å²) in [4.78, 5) is 11.1. The van der Waals surface area contributed by atoms with Gasteiger partial charge in [-0.25, -0.2) is 22.4 Å². The SMILES string of the molecule is COC(=O)c1ccc(NCCOCC(F)F)c(F)c1F. The zero-order chi connectivity index (χ0) is 15.1. The second kappa shape index (κ2) is 7.68. The lowest BCUT2D eigenvalue weighted by atomic mass is 10.2. The van der Waals surface area contributed by atoms with Gasteiger partial charge < -0.3 is 14.8 Å². The molecule has 1 N–H and O–H groups in total. The number of benzene rings is 1. The topological polar surface area (TPSA) is 47.6 Å². The number of ether oxygens (including phenoxy) is 2. The lowest BCUT2D eigenvalue weighted by Crippen LogP contribution is -2.15. The van der Waals surface area contributed by atoms with E-state index in [0.717, 1.165) is 19.2 Å². The van der Waals surface area contributed by atoms with Gasteiger partial charge in [0.1, 0.15) is 6.61 Å². The summed E-state index contributed by atoms with van der Waals surface area (Å²) in [6, 6.07) is 2.21. The first-order chi connectivity index (χ1) is 9.47. The Kier molecular flexibility index (Phi) is 6.23. The fraction of sp³-hybridized carbons (Fsp3) is 0.417. The van der Waals surface area contributed by atoms with Crippen LogP contribution in [0.15, 0.2) is 12.1 Å². The molecule has 0 heterocycles. The largest absolute Gasteiger partial charge is 0.465 e. The van der Waals surface area contributed by atoms with Crippen LogP contribution in [0.25, 0.3) is 0 Å². The molecule has 0 spiro atoms. The van der Waals surface area contributed by atoms with Crippen molar-refractivity contribution in [2.24, 2.45) is 0 Å². The number of carbonyl (C=O) groups is 1. The fourth-order valence-electron chi connectivity index (χ4n) is 1.38. The van der Waals surface area contributed by atoms with Gasteiger partial charge in [-0.05, 0) is 12.1 Å². The highest BCUT2D eigenvalue weighted by atomic mass is 19.3. The number of methoxy groups -OCH3 is 1. The van der Waals surface area contributed by atoms with E-state index in [1.807, 2.05) is 0 Å². The molecule has 8 heteroatoms. The molecule has 0 bridgehead atoms. The van der Waals surface area contributed by atoms with Crippen LogP contribution in [0.2, 0.25) is 0 Å². The maximum absolute atomic E-state index is 13.6. The minimum absolute atomic E-state index is 0.0145. The van der Waals surface area contributed by atoms with Gasteiger partial charge in [0.2, 0.25) is 0 Å². The van der Waals surface area contributed by atoms with Crippen molar-refractivity contribution in [2.45, 2.75) is 6.43 Å². The molecule has 0 aromatic heterocycles. The lowest BCUT2D eigenvalue weighted by Gasteiger charge is -2.10. The quantitative estimate of drug-likeness (QED) is 0.477. The van der Waals surface area contributed by atoms with Crippen molar-refractivity contribution in [3.8, 4) is 0 Å². The monoisotopic (exact) mass is 295 g/mol. The minimum atomic E-state index is -2.58. The molecular formula is C12H13F4NO3. The van der Waals surface area contributed by atoms with Crippen LogP contribution in [0, 0.1) is 11.6 Å². The normalized spacial score (nSPS) is 10.7. The molecule has 0 aliphatic rings. The van der Waals surface area contributed by atoms with Crippen LogP contribution in [0.1, 0.15) is 10.4 Å². The summed E-state index contributed by atoms with van der Waals surface area (Å²) in [5.74, 6) is -3.58. The van der Waals surface area contributed by atoms with Gasteiger partial charge in [-0.15, -0.1) is 0 Å². The highest BCUT2D eigenvalue weighted by Crippen LogP contribution is 2.21. The Morgan fingerprint density at radius 2 is 2.00 bits per heavy atom. The number of carbonyl (C=O) groups excluding carboxylic acids is 1. The predicted molar refractivity (Wildman–Crippen MR) is 63.0 cm³/mol. The Bertz CT molecular complexity index is 468. The first-order valence-electron chi connectivity index (χ1n) is 5.63. The van der Waals surface area contributed by atoms with Crippen molar-refractivity contribution in [3.05, 3.63) is 29.3 Å². The summed E-state index contributed by atoms with van der Waals surface area (Å²) in [5, 5.41) is 2.47. The minimum Gasteiger partial charge on any atom is -0.465 e. The van der Waals surface area contributed by atoms with Gasteiger partial charge in [-0.2, -0.15) is 0 Å². The molecule has 0 aliphatic carbocycles. The second-order valence-corrected chi connectivity index (χ2v) is 3.67. The maximum Gasteiger partial charge on any atom is 0.340 e. The number of alkyl halides is 2. The van der Waals surface area contributed by atoms with E-state index in [1.54, 1.807) is 0 Å². The Balaban J connectivity index is 2.60. The first-order valence-corrected chi connectivity index (χ1v) is 5.63. The number of halogens is 4. The van der Waals surface area contributed by atoms with Crippen LogP contribution in [-0.4, -0.2) is 39.3 Å². The summed E-state index contributed by atoms with van der Waals surface area (Å²) >= 11 is 0. The van der Waals surface area contributed by atoms with Crippen molar-refractivity contribution in [2.75, 3.05) is 32.2 Å². The third-order valence-electron chi connectivity index (χ3n) is 2.29. The smallest absolute Gasteiger partial charge is 0.340 e. The van der Waals surface area contributed by atoms with E-state index in [2.05, 4.69) is 14.8 Å². The van der Waals surface area contributed by atoms with Crippen molar-refractivity contribution < 1.29 is 31.8 Å². The van der Waals surface area contributed by atoms with E-state index in [-0.39, 0.29) is 18.8 Å². The zero-order valence-electron chi connectivity index (χ0n) is 10.6. The van der Waals surface area contributed by atoms with E-state index >= 15 is 0 Å². The molecule has 112 valence electrons. The molecule has 0 fully saturated rings. The molecule has 0 radical (unpaired) electrons. The number of nitrogens with one attached hydrogen (secondary N) is 1. The van der Waals surface area contributed by atoms with Gasteiger partial charge in [0.05, 0.1) is 25.0 Å². The molecule has 1 rings (SSSR count). The average molecular weight is 295 g/mol. The Morgan fingerprint density at radius 3 is 2.60 bits per heavy atom. The molecule has 4 nitrogen and oxygen atoms in total. The van der Waals surface area contributed by atoms with Gasteiger partial charge in [0.15, 0.2) is 11.6 Å². The van der Waals surface area contributed by atoms with Crippen molar-refractivity contribution in [1.82, 2.24) is 0 Å².